The van der Waals surface area contributed by atoms with E-state index in [1.807, 2.05) is 55.4 Å². The predicted molar refractivity (Wildman–Crippen MR) is 100 cm³/mol. The molecule has 0 bridgehead atoms. The first kappa shape index (κ1) is 16.9. The molecule has 0 N–H and O–H groups in total. The van der Waals surface area contributed by atoms with Gasteiger partial charge >= 0.3 is 0 Å². The molecule has 1 atom stereocenters. The summed E-state index contributed by atoms with van der Waals surface area (Å²) in [5, 5.41) is 5.09. The third-order valence-corrected chi connectivity index (χ3v) is 5.44. The Labute approximate surface area is 156 Å². The van der Waals surface area contributed by atoms with Crippen LogP contribution in [0.3, 0.4) is 0 Å². The first-order valence-corrected chi connectivity index (χ1v) is 9.36. The number of amides is 1. The molecule has 0 radical (unpaired) electrons. The Kier molecular flexibility index (Phi) is 4.57. The van der Waals surface area contributed by atoms with Crippen LogP contribution in [0.4, 0.5) is 0 Å². The third kappa shape index (κ3) is 3.27. The lowest BCUT2D eigenvalue weighted by molar-refractivity contribution is -0.0230. The fourth-order valence-corrected chi connectivity index (χ4v) is 4.06. The van der Waals surface area contributed by atoms with E-state index in [1.54, 1.807) is 22.2 Å². The minimum Gasteiger partial charge on any atom is -0.370 e. The highest BCUT2D eigenvalue weighted by atomic mass is 32.1. The molecule has 1 unspecified atom stereocenters. The van der Waals surface area contributed by atoms with Gasteiger partial charge in [-0.25, -0.2) is 4.98 Å². The molecule has 1 amide bonds. The molecule has 134 valence electrons. The van der Waals surface area contributed by atoms with Gasteiger partial charge in [-0.3, -0.25) is 9.48 Å². The summed E-state index contributed by atoms with van der Waals surface area (Å²) in [5.74, 6) is -0.0367. The summed E-state index contributed by atoms with van der Waals surface area (Å²) in [4.78, 5) is 20.5. The number of aromatic nitrogens is 3. The predicted octanol–water partition coefficient (Wildman–Crippen LogP) is 3.07. The molecule has 6 nitrogen and oxygen atoms in total. The summed E-state index contributed by atoms with van der Waals surface area (Å²) < 4.78 is 7.60. The first-order valence-electron chi connectivity index (χ1n) is 8.54. The molecule has 4 rings (SSSR count). The number of benzene rings is 1. The smallest absolute Gasteiger partial charge is 0.274 e. The van der Waals surface area contributed by atoms with E-state index in [1.165, 1.54) is 0 Å². The van der Waals surface area contributed by atoms with E-state index in [9.17, 15) is 4.79 Å². The topological polar surface area (TPSA) is 60.3 Å². The zero-order chi connectivity index (χ0) is 18.1. The fourth-order valence-electron chi connectivity index (χ4n) is 3.15. The van der Waals surface area contributed by atoms with E-state index in [2.05, 4.69) is 10.1 Å². The lowest BCUT2D eigenvalue weighted by Crippen LogP contribution is -2.42. The lowest BCUT2D eigenvalue weighted by Gasteiger charge is -2.32. The molecule has 3 aromatic rings. The maximum Gasteiger partial charge on any atom is 0.274 e. The van der Waals surface area contributed by atoms with Gasteiger partial charge in [-0.05, 0) is 12.5 Å². The van der Waals surface area contributed by atoms with Gasteiger partial charge in [0.15, 0.2) is 0 Å². The summed E-state index contributed by atoms with van der Waals surface area (Å²) in [5.41, 5.74) is 2.55. The van der Waals surface area contributed by atoms with Gasteiger partial charge in [-0.1, -0.05) is 30.3 Å². The van der Waals surface area contributed by atoms with Crippen molar-refractivity contribution in [3.05, 3.63) is 59.0 Å². The Balaban J connectivity index is 1.60. The van der Waals surface area contributed by atoms with Gasteiger partial charge in [0, 0.05) is 25.4 Å². The second-order valence-corrected chi connectivity index (χ2v) is 7.54. The van der Waals surface area contributed by atoms with Crippen LogP contribution in [0.25, 0.3) is 10.4 Å². The highest BCUT2D eigenvalue weighted by Gasteiger charge is 2.30. The highest BCUT2D eigenvalue weighted by Crippen LogP contribution is 2.32. The number of aryl methyl sites for hydroxylation is 2. The molecule has 3 heterocycles. The summed E-state index contributed by atoms with van der Waals surface area (Å²) >= 11 is 1.56. The van der Waals surface area contributed by atoms with Gasteiger partial charge in [0.2, 0.25) is 0 Å². The Morgan fingerprint density at radius 1 is 1.31 bits per heavy atom. The Bertz CT molecular complexity index is 919. The number of carbonyl (C=O) groups excluding carboxylic acids is 1. The van der Waals surface area contributed by atoms with Gasteiger partial charge in [0.25, 0.3) is 5.91 Å². The molecule has 1 aromatic carbocycles. The molecule has 1 saturated heterocycles. The zero-order valence-corrected chi connectivity index (χ0v) is 15.6. The van der Waals surface area contributed by atoms with Crippen molar-refractivity contribution in [2.24, 2.45) is 7.05 Å². The number of nitrogens with zero attached hydrogens (tertiary/aromatic N) is 4. The maximum atomic E-state index is 13.2. The highest BCUT2D eigenvalue weighted by molar-refractivity contribution is 7.15. The molecule has 0 aliphatic carbocycles. The van der Waals surface area contributed by atoms with E-state index in [-0.39, 0.29) is 12.0 Å². The molecular weight excluding hydrogens is 348 g/mol. The van der Waals surface area contributed by atoms with E-state index in [0.29, 0.717) is 25.4 Å². The number of carbonyl (C=O) groups is 1. The molecule has 7 heteroatoms. The second kappa shape index (κ2) is 7.01. The van der Waals surface area contributed by atoms with Crippen molar-refractivity contribution in [2.75, 3.05) is 19.7 Å². The quantitative estimate of drug-likeness (QED) is 0.713. The second-order valence-electron chi connectivity index (χ2n) is 6.33. The normalized spacial score (nSPS) is 17.5. The van der Waals surface area contributed by atoms with Crippen LogP contribution in [0, 0.1) is 6.92 Å². The number of ether oxygens (including phenoxy) is 1. The summed E-state index contributed by atoms with van der Waals surface area (Å²) in [6.07, 6.45) is 3.57. The van der Waals surface area contributed by atoms with Crippen LogP contribution in [0.1, 0.15) is 27.2 Å². The van der Waals surface area contributed by atoms with Gasteiger partial charge in [0.05, 0.1) is 29.2 Å². The van der Waals surface area contributed by atoms with Gasteiger partial charge in [-0.2, -0.15) is 5.10 Å². The van der Waals surface area contributed by atoms with Gasteiger partial charge in [0.1, 0.15) is 11.8 Å². The van der Waals surface area contributed by atoms with Crippen LogP contribution in [-0.4, -0.2) is 45.3 Å². The largest absolute Gasteiger partial charge is 0.370 e. The fraction of sp³-hybridized carbons (Fsp3) is 0.316. The maximum absolute atomic E-state index is 13.2. The van der Waals surface area contributed by atoms with Crippen LogP contribution in [0.2, 0.25) is 0 Å². The van der Waals surface area contributed by atoms with Crippen molar-refractivity contribution in [3.8, 4) is 10.4 Å². The Morgan fingerprint density at radius 2 is 2.12 bits per heavy atom. The zero-order valence-electron chi connectivity index (χ0n) is 14.8. The molecule has 1 aliphatic rings. The van der Waals surface area contributed by atoms with Crippen molar-refractivity contribution < 1.29 is 9.53 Å². The van der Waals surface area contributed by atoms with Crippen molar-refractivity contribution >= 4 is 17.2 Å². The monoisotopic (exact) mass is 368 g/mol. The number of hydrogen-bond acceptors (Lipinski definition) is 5. The first-order chi connectivity index (χ1) is 12.6. The van der Waals surface area contributed by atoms with E-state index >= 15 is 0 Å². The van der Waals surface area contributed by atoms with Crippen molar-refractivity contribution in [1.82, 2.24) is 19.7 Å². The third-order valence-electron chi connectivity index (χ3n) is 4.42. The van der Waals surface area contributed by atoms with Crippen molar-refractivity contribution in [2.45, 2.75) is 13.0 Å². The summed E-state index contributed by atoms with van der Waals surface area (Å²) in [7, 11) is 1.87. The van der Waals surface area contributed by atoms with Crippen LogP contribution in [0.5, 0.6) is 0 Å². The molecule has 26 heavy (non-hydrogen) atoms. The average Bonchev–Trinajstić information content (AvgIpc) is 3.28. The Morgan fingerprint density at radius 3 is 2.85 bits per heavy atom. The summed E-state index contributed by atoms with van der Waals surface area (Å²) in [6.45, 7) is 3.52. The number of thiazole rings is 1. The van der Waals surface area contributed by atoms with Crippen molar-refractivity contribution in [1.29, 1.82) is 0 Å². The minimum absolute atomic E-state index is 0.0367. The number of rotatable bonds is 3. The Hall–Kier alpha value is -2.51. The molecular formula is C19H20N4O2S. The van der Waals surface area contributed by atoms with Crippen LogP contribution >= 0.6 is 11.3 Å². The standard InChI is InChI=1S/C19H20N4O2S/c1-13-21-17(18(26-13)14-6-4-3-5-7-14)19(24)23-8-9-25-16(12-23)15-10-20-22(2)11-15/h3-7,10-11,16H,8-9,12H2,1-2H3. The van der Waals surface area contributed by atoms with Crippen LogP contribution < -0.4 is 0 Å². The molecule has 2 aromatic heterocycles. The number of hydrogen-bond donors (Lipinski definition) is 0. The van der Waals surface area contributed by atoms with E-state index < -0.39 is 0 Å². The van der Waals surface area contributed by atoms with E-state index in [0.717, 1.165) is 21.0 Å². The van der Waals surface area contributed by atoms with E-state index in [4.69, 9.17) is 4.74 Å². The molecule has 0 saturated carbocycles. The molecule has 0 spiro atoms. The van der Waals surface area contributed by atoms with Crippen LogP contribution in [0.15, 0.2) is 42.7 Å². The van der Waals surface area contributed by atoms with Gasteiger partial charge in [-0.15, -0.1) is 11.3 Å². The average molecular weight is 368 g/mol. The lowest BCUT2D eigenvalue weighted by atomic mass is 10.1. The SMILES string of the molecule is Cc1nc(C(=O)N2CCOC(c3cnn(C)c3)C2)c(-c2ccccc2)s1. The van der Waals surface area contributed by atoms with Gasteiger partial charge < -0.3 is 9.64 Å². The number of morpholine rings is 1. The van der Waals surface area contributed by atoms with Crippen LogP contribution in [-0.2, 0) is 11.8 Å². The summed E-state index contributed by atoms with van der Waals surface area (Å²) in [6, 6.07) is 9.96. The minimum atomic E-state index is -0.152. The molecule has 1 aliphatic heterocycles. The van der Waals surface area contributed by atoms with Crippen molar-refractivity contribution in [3.63, 3.8) is 0 Å². The molecule has 1 fully saturated rings.